The van der Waals surface area contributed by atoms with Gasteiger partial charge in [0.15, 0.2) is 0 Å². The first-order chi connectivity index (χ1) is 25.1. The molecule has 1 aliphatic rings. The third-order valence-corrected chi connectivity index (χ3v) is 10.2. The van der Waals surface area contributed by atoms with E-state index in [1.165, 1.54) is 12.1 Å². The zero-order valence-electron chi connectivity index (χ0n) is 28.5. The highest BCUT2D eigenvalue weighted by Gasteiger charge is 2.27. The zero-order valence-corrected chi connectivity index (χ0v) is 29.2. The van der Waals surface area contributed by atoms with Gasteiger partial charge >= 0.3 is 11.9 Å². The van der Waals surface area contributed by atoms with Crippen LogP contribution >= 0.6 is 11.6 Å². The molecule has 0 aliphatic heterocycles. The van der Waals surface area contributed by atoms with Crippen molar-refractivity contribution in [2.75, 3.05) is 0 Å². The van der Waals surface area contributed by atoms with Gasteiger partial charge < -0.3 is 24.1 Å². The highest BCUT2D eigenvalue weighted by atomic mass is 35.5. The van der Waals surface area contributed by atoms with Crippen LogP contribution in [0.5, 0.6) is 5.75 Å². The lowest BCUT2D eigenvalue weighted by Crippen LogP contribution is -2.24. The smallest absolute Gasteiger partial charge is 0.336 e. The molecule has 6 aromatic rings. The third-order valence-electron chi connectivity index (χ3n) is 9.85. The minimum Gasteiger partial charge on any atom is -0.490 e. The normalized spacial score (nSPS) is 15.6. The first kappa shape index (κ1) is 34.3. The molecule has 4 aromatic carbocycles. The number of aromatic nitrogens is 4. The summed E-state index contributed by atoms with van der Waals surface area (Å²) < 4.78 is 10.2. The molecule has 1 saturated carbocycles. The minimum absolute atomic E-state index is 0.0992. The Balaban J connectivity index is 1.01. The lowest BCUT2D eigenvalue weighted by molar-refractivity contribution is 0.0651. The van der Waals surface area contributed by atoms with E-state index in [0.717, 1.165) is 65.1 Å². The summed E-state index contributed by atoms with van der Waals surface area (Å²) in [6, 6.07) is 28.1. The van der Waals surface area contributed by atoms with E-state index in [1.54, 1.807) is 30.5 Å². The van der Waals surface area contributed by atoms with Crippen molar-refractivity contribution in [1.82, 2.24) is 19.1 Å². The van der Waals surface area contributed by atoms with Crippen LogP contribution in [0.1, 0.15) is 63.7 Å². The van der Waals surface area contributed by atoms with E-state index in [1.807, 2.05) is 29.9 Å². The fourth-order valence-electron chi connectivity index (χ4n) is 7.02. The number of rotatable bonds is 9. The fraction of sp³-hybridized carbons (Fsp3) is 0.195. The molecule has 0 bridgehead atoms. The summed E-state index contributed by atoms with van der Waals surface area (Å²) in [6.07, 6.45) is 7.54. The molecule has 0 amide bonds. The molecule has 2 aromatic heterocycles. The molecule has 7 rings (SSSR count). The number of hydrogen-bond acceptors (Lipinski definition) is 6. The lowest BCUT2D eigenvalue weighted by atomic mass is 9.86. The molecule has 0 spiro atoms. The molecular weight excluding hydrogens is 678 g/mol. The van der Waals surface area contributed by atoms with Gasteiger partial charge in [0.25, 0.3) is 0 Å². The number of nitrogens with zero attached hydrogens (tertiary/aromatic N) is 5. The van der Waals surface area contributed by atoms with Crippen LogP contribution in [0.15, 0.2) is 97.3 Å². The van der Waals surface area contributed by atoms with E-state index >= 15 is 0 Å². The van der Waals surface area contributed by atoms with E-state index in [4.69, 9.17) is 26.6 Å². The van der Waals surface area contributed by atoms with Gasteiger partial charge in [0, 0.05) is 31.6 Å². The van der Waals surface area contributed by atoms with Crippen molar-refractivity contribution in [1.29, 1.82) is 5.26 Å². The lowest BCUT2D eigenvalue weighted by Gasteiger charge is -2.29. The number of carboxylic acids is 2. The third kappa shape index (κ3) is 6.66. The predicted octanol–water partition coefficient (Wildman–Crippen LogP) is 8.85. The second-order valence-electron chi connectivity index (χ2n) is 13.0. The van der Waals surface area contributed by atoms with Crippen LogP contribution < -0.4 is 4.74 Å². The quantitative estimate of drug-likeness (QED) is 0.151. The highest BCUT2D eigenvalue weighted by molar-refractivity contribution is 6.31. The van der Waals surface area contributed by atoms with E-state index < -0.39 is 11.9 Å². The SMILES string of the molecule is Cn1c(-c2ccc(-c3ccc(-c4cnc(C5CCC(Oc6ccc(C#N)c(Cl)c6)CC5)n4C)cc3)cc2)cnc1-c1ccc(C(=O)O)c(C(=O)O)c1. The fourth-order valence-corrected chi connectivity index (χ4v) is 7.23. The van der Waals surface area contributed by atoms with Gasteiger partial charge in [0.05, 0.1) is 51.6 Å². The summed E-state index contributed by atoms with van der Waals surface area (Å²) >= 11 is 6.19. The van der Waals surface area contributed by atoms with E-state index in [-0.39, 0.29) is 17.2 Å². The Morgan fingerprint density at radius 2 is 1.29 bits per heavy atom. The van der Waals surface area contributed by atoms with Gasteiger partial charge in [-0.25, -0.2) is 19.6 Å². The van der Waals surface area contributed by atoms with E-state index in [2.05, 4.69) is 59.1 Å². The van der Waals surface area contributed by atoms with Crippen LogP contribution in [0.3, 0.4) is 0 Å². The Labute approximate surface area is 305 Å². The van der Waals surface area contributed by atoms with Crippen molar-refractivity contribution in [2.45, 2.75) is 37.7 Å². The summed E-state index contributed by atoms with van der Waals surface area (Å²) in [5, 5.41) is 28.4. The first-order valence-corrected chi connectivity index (χ1v) is 17.2. The van der Waals surface area contributed by atoms with Crippen LogP contribution in [0.2, 0.25) is 5.02 Å². The number of aromatic carboxylic acids is 2. The summed E-state index contributed by atoms with van der Waals surface area (Å²) in [7, 11) is 3.92. The van der Waals surface area contributed by atoms with Crippen molar-refractivity contribution in [3.05, 3.63) is 125 Å². The van der Waals surface area contributed by atoms with Crippen molar-refractivity contribution in [2.24, 2.45) is 14.1 Å². The molecule has 2 N–H and O–H groups in total. The monoisotopic (exact) mass is 711 g/mol. The number of halogens is 1. The van der Waals surface area contributed by atoms with Crippen LogP contribution in [-0.2, 0) is 14.1 Å². The molecule has 0 saturated heterocycles. The largest absolute Gasteiger partial charge is 0.490 e. The van der Waals surface area contributed by atoms with Crippen LogP contribution in [0.4, 0.5) is 0 Å². The molecule has 11 heteroatoms. The topological polar surface area (TPSA) is 143 Å². The number of nitriles is 1. The molecule has 0 atom stereocenters. The van der Waals surface area contributed by atoms with Gasteiger partial charge in [-0.05, 0) is 72.2 Å². The number of hydrogen-bond donors (Lipinski definition) is 2. The van der Waals surface area contributed by atoms with E-state index in [0.29, 0.717) is 33.6 Å². The second-order valence-corrected chi connectivity index (χ2v) is 13.4. The summed E-state index contributed by atoms with van der Waals surface area (Å²) in [5.74, 6) is 0.0337. The van der Waals surface area contributed by atoms with Gasteiger partial charge in [0.1, 0.15) is 23.5 Å². The highest BCUT2D eigenvalue weighted by Crippen LogP contribution is 2.37. The minimum atomic E-state index is -1.31. The van der Waals surface area contributed by atoms with Gasteiger partial charge in [-0.1, -0.05) is 66.2 Å². The summed E-state index contributed by atoms with van der Waals surface area (Å²) in [5.41, 5.74) is 6.44. The average Bonchev–Trinajstić information content (AvgIpc) is 3.73. The Morgan fingerprint density at radius 3 is 1.87 bits per heavy atom. The number of ether oxygens (including phenoxy) is 1. The van der Waals surface area contributed by atoms with Crippen LogP contribution in [0, 0.1) is 11.3 Å². The average molecular weight is 712 g/mol. The predicted molar refractivity (Wildman–Crippen MR) is 197 cm³/mol. The van der Waals surface area contributed by atoms with Crippen molar-refractivity contribution >= 4 is 23.5 Å². The van der Waals surface area contributed by atoms with E-state index in [9.17, 15) is 19.8 Å². The second kappa shape index (κ2) is 14.2. The van der Waals surface area contributed by atoms with Crippen molar-refractivity contribution in [3.63, 3.8) is 0 Å². The maximum atomic E-state index is 11.7. The van der Waals surface area contributed by atoms with Gasteiger partial charge in [0.2, 0.25) is 0 Å². The Morgan fingerprint density at radius 1 is 0.731 bits per heavy atom. The van der Waals surface area contributed by atoms with Crippen LogP contribution in [0.25, 0.3) is 45.0 Å². The standard InChI is InChI=1S/C41H34ClN5O5/c1-46-36(22-44-38(46)28-11-15-31(16-12-28)52-32-17-13-30(21-43)35(42)20-32)26-7-3-24(4-8-26)25-5-9-27(10-6-25)37-23-45-39(47(37)2)29-14-18-33(40(48)49)34(19-29)41(50)51/h3-10,13-14,17-20,22-23,28,31H,11-12,15-16H2,1-2H3,(H,48,49)(H,50,51). The summed E-state index contributed by atoms with van der Waals surface area (Å²) in [6.45, 7) is 0. The number of benzene rings is 4. The molecule has 2 heterocycles. The molecule has 10 nitrogen and oxygen atoms in total. The summed E-state index contributed by atoms with van der Waals surface area (Å²) in [4.78, 5) is 32.5. The Bertz CT molecular complexity index is 2350. The molecule has 52 heavy (non-hydrogen) atoms. The van der Waals surface area contributed by atoms with Crippen molar-refractivity contribution < 1.29 is 24.5 Å². The van der Waals surface area contributed by atoms with Crippen molar-refractivity contribution in [3.8, 4) is 56.8 Å². The van der Waals surface area contributed by atoms with Gasteiger partial charge in [-0.3, -0.25) is 0 Å². The molecule has 1 aliphatic carbocycles. The Kier molecular flexibility index (Phi) is 9.37. The van der Waals surface area contributed by atoms with Gasteiger partial charge in [-0.15, -0.1) is 0 Å². The Hall–Kier alpha value is -6.18. The molecule has 260 valence electrons. The first-order valence-electron chi connectivity index (χ1n) is 16.8. The number of imidazole rings is 2. The molecular formula is C41H34ClN5O5. The maximum absolute atomic E-state index is 11.7. The molecule has 0 unspecified atom stereocenters. The number of carbonyl (C=O) groups is 2. The molecule has 1 fully saturated rings. The number of carboxylic acid groups (broad SMARTS) is 2. The van der Waals surface area contributed by atoms with Gasteiger partial charge in [-0.2, -0.15) is 5.26 Å². The molecule has 0 radical (unpaired) electrons. The van der Waals surface area contributed by atoms with Crippen LogP contribution in [-0.4, -0.2) is 47.4 Å². The zero-order chi connectivity index (χ0) is 36.5. The maximum Gasteiger partial charge on any atom is 0.336 e.